The van der Waals surface area contributed by atoms with E-state index in [1.165, 1.54) is 6.07 Å². The molecule has 0 spiro atoms. The predicted octanol–water partition coefficient (Wildman–Crippen LogP) is 4.09. The number of H-pyrrole nitrogens is 1. The van der Waals surface area contributed by atoms with Crippen molar-refractivity contribution in [1.82, 2.24) is 20.0 Å². The molecule has 0 radical (unpaired) electrons. The molecule has 3 rings (SSSR count). The minimum atomic E-state index is -0.416. The summed E-state index contributed by atoms with van der Waals surface area (Å²) in [7, 11) is 0. The van der Waals surface area contributed by atoms with Crippen molar-refractivity contribution in [2.75, 3.05) is 19.6 Å². The number of amides is 1. The van der Waals surface area contributed by atoms with Gasteiger partial charge in [0.15, 0.2) is 11.9 Å². The first-order valence-electron chi connectivity index (χ1n) is 9.94. The number of halogens is 2. The lowest BCUT2D eigenvalue weighted by atomic mass is 9.92. The van der Waals surface area contributed by atoms with Gasteiger partial charge >= 0.3 is 0 Å². The summed E-state index contributed by atoms with van der Waals surface area (Å²) >= 11 is 6.17. The number of nitrogens with zero attached hydrogens (tertiary/aromatic N) is 4. The molecular weight excluding hydrogens is 393 g/mol. The van der Waals surface area contributed by atoms with Crippen molar-refractivity contribution < 1.29 is 9.18 Å². The third-order valence-corrected chi connectivity index (χ3v) is 6.01. The number of aromatic amines is 1. The Morgan fingerprint density at radius 1 is 1.48 bits per heavy atom. The SMILES string of the molecule is CCC(CCN(CC)C(=O)c1n[nH]c2c1CCN(C#N)C2)c1cccc(F)c1Cl. The zero-order valence-corrected chi connectivity index (χ0v) is 17.5. The normalized spacial score (nSPS) is 14.2. The standard InChI is InChI=1S/C21H25ClFN5O/c1-3-14(15-6-5-7-17(23)19(15)22)8-11-28(4-2)21(29)20-16-9-10-27(13-24)12-18(16)25-26-20/h5-7,14H,3-4,8-12H2,1-2H3,(H,25,26). The van der Waals surface area contributed by atoms with E-state index in [1.807, 2.05) is 19.9 Å². The smallest absolute Gasteiger partial charge is 0.274 e. The fraction of sp³-hybridized carbons (Fsp3) is 0.476. The first kappa shape index (κ1) is 21.1. The van der Waals surface area contributed by atoms with E-state index < -0.39 is 5.82 Å². The van der Waals surface area contributed by atoms with E-state index in [0.717, 1.165) is 23.2 Å². The summed E-state index contributed by atoms with van der Waals surface area (Å²) in [5.74, 6) is -0.464. The quantitative estimate of drug-likeness (QED) is 0.688. The van der Waals surface area contributed by atoms with Gasteiger partial charge in [-0.05, 0) is 43.7 Å². The summed E-state index contributed by atoms with van der Waals surface area (Å²) in [6, 6.07) is 4.87. The highest BCUT2D eigenvalue weighted by molar-refractivity contribution is 6.31. The highest BCUT2D eigenvalue weighted by Crippen LogP contribution is 2.31. The molecule has 1 aliphatic rings. The van der Waals surface area contributed by atoms with E-state index in [9.17, 15) is 9.18 Å². The molecule has 2 heterocycles. The molecule has 1 atom stereocenters. The number of hydrogen-bond donors (Lipinski definition) is 1. The second kappa shape index (κ2) is 9.27. The highest BCUT2D eigenvalue weighted by Gasteiger charge is 2.27. The highest BCUT2D eigenvalue weighted by atomic mass is 35.5. The summed E-state index contributed by atoms with van der Waals surface area (Å²) in [5.41, 5.74) is 2.96. The number of rotatable bonds is 7. The van der Waals surface area contributed by atoms with Crippen LogP contribution in [0.4, 0.5) is 4.39 Å². The molecule has 0 saturated heterocycles. The second-order valence-corrected chi connectivity index (χ2v) is 7.60. The molecule has 0 fully saturated rings. The molecule has 1 unspecified atom stereocenters. The van der Waals surface area contributed by atoms with Gasteiger partial charge in [-0.15, -0.1) is 0 Å². The third kappa shape index (κ3) is 4.38. The molecule has 0 bridgehead atoms. The lowest BCUT2D eigenvalue weighted by molar-refractivity contribution is 0.0752. The number of carbonyl (C=O) groups is 1. The Morgan fingerprint density at radius 2 is 2.28 bits per heavy atom. The minimum Gasteiger partial charge on any atom is -0.338 e. The molecule has 154 valence electrons. The van der Waals surface area contributed by atoms with Gasteiger partial charge in [0.25, 0.3) is 5.91 Å². The lowest BCUT2D eigenvalue weighted by Crippen LogP contribution is -2.34. The Bertz CT molecular complexity index is 922. The minimum absolute atomic E-state index is 0.0670. The first-order valence-corrected chi connectivity index (χ1v) is 10.3. The summed E-state index contributed by atoms with van der Waals surface area (Å²) in [6.07, 6.45) is 4.24. The molecule has 0 aliphatic carbocycles. The Morgan fingerprint density at radius 3 is 2.97 bits per heavy atom. The second-order valence-electron chi connectivity index (χ2n) is 7.22. The van der Waals surface area contributed by atoms with Crippen molar-refractivity contribution in [2.45, 2.75) is 45.6 Å². The van der Waals surface area contributed by atoms with E-state index in [0.29, 0.717) is 44.7 Å². The monoisotopic (exact) mass is 417 g/mol. The number of hydrogen-bond acceptors (Lipinski definition) is 4. The van der Waals surface area contributed by atoms with Crippen LogP contribution in [0.2, 0.25) is 5.02 Å². The van der Waals surface area contributed by atoms with Crippen molar-refractivity contribution in [2.24, 2.45) is 0 Å². The van der Waals surface area contributed by atoms with E-state index in [1.54, 1.807) is 15.9 Å². The van der Waals surface area contributed by atoms with Gasteiger partial charge in [0.2, 0.25) is 0 Å². The number of fused-ring (bicyclic) bond motifs is 1. The third-order valence-electron chi connectivity index (χ3n) is 5.61. The van der Waals surface area contributed by atoms with E-state index in [4.69, 9.17) is 16.9 Å². The average molecular weight is 418 g/mol. The Kier molecular flexibility index (Phi) is 6.75. The maximum absolute atomic E-state index is 13.8. The van der Waals surface area contributed by atoms with Crippen molar-refractivity contribution >= 4 is 17.5 Å². The maximum Gasteiger partial charge on any atom is 0.274 e. The zero-order valence-electron chi connectivity index (χ0n) is 16.7. The molecule has 1 amide bonds. The lowest BCUT2D eigenvalue weighted by Gasteiger charge is -2.25. The van der Waals surface area contributed by atoms with Gasteiger partial charge in [0, 0.05) is 25.2 Å². The summed E-state index contributed by atoms with van der Waals surface area (Å²) < 4.78 is 13.8. The van der Waals surface area contributed by atoms with Crippen LogP contribution in [0.25, 0.3) is 0 Å². The average Bonchev–Trinajstić information content (AvgIpc) is 3.16. The Labute approximate surface area is 175 Å². The topological polar surface area (TPSA) is 76.0 Å². The largest absolute Gasteiger partial charge is 0.338 e. The molecule has 0 saturated carbocycles. The molecule has 1 aliphatic heterocycles. The van der Waals surface area contributed by atoms with Crippen LogP contribution in [0.15, 0.2) is 18.2 Å². The maximum atomic E-state index is 13.8. The predicted molar refractivity (Wildman–Crippen MR) is 109 cm³/mol. The summed E-state index contributed by atoms with van der Waals surface area (Å²) in [5, 5.41) is 16.4. The molecule has 1 N–H and O–H groups in total. The van der Waals surface area contributed by atoms with Crippen molar-refractivity contribution in [3.63, 3.8) is 0 Å². The molecule has 6 nitrogen and oxygen atoms in total. The Balaban J connectivity index is 1.72. The van der Waals surface area contributed by atoms with Gasteiger partial charge in [-0.3, -0.25) is 9.89 Å². The van der Waals surface area contributed by atoms with Gasteiger partial charge in [-0.25, -0.2) is 4.39 Å². The van der Waals surface area contributed by atoms with E-state index in [-0.39, 0.29) is 16.8 Å². The molecule has 2 aromatic rings. The number of aromatic nitrogens is 2. The summed E-state index contributed by atoms with van der Waals surface area (Å²) in [4.78, 5) is 16.5. The van der Waals surface area contributed by atoms with Crippen LogP contribution < -0.4 is 0 Å². The summed E-state index contributed by atoms with van der Waals surface area (Å²) in [6.45, 7) is 6.10. The van der Waals surface area contributed by atoms with Crippen LogP contribution in [0.3, 0.4) is 0 Å². The van der Waals surface area contributed by atoms with Crippen LogP contribution >= 0.6 is 11.6 Å². The first-order chi connectivity index (χ1) is 14.0. The van der Waals surface area contributed by atoms with E-state index >= 15 is 0 Å². The van der Waals surface area contributed by atoms with Crippen LogP contribution in [0.5, 0.6) is 0 Å². The fourth-order valence-corrected chi connectivity index (χ4v) is 4.14. The number of carbonyl (C=O) groups excluding carboxylic acids is 1. The van der Waals surface area contributed by atoms with Crippen LogP contribution in [0, 0.1) is 17.3 Å². The van der Waals surface area contributed by atoms with Gasteiger partial charge in [-0.1, -0.05) is 30.7 Å². The van der Waals surface area contributed by atoms with Crippen LogP contribution in [0.1, 0.15) is 59.9 Å². The Hall–Kier alpha value is -2.59. The van der Waals surface area contributed by atoms with Gasteiger partial charge in [0.1, 0.15) is 5.82 Å². The van der Waals surface area contributed by atoms with Gasteiger partial charge < -0.3 is 9.80 Å². The van der Waals surface area contributed by atoms with Crippen molar-refractivity contribution in [1.29, 1.82) is 5.26 Å². The van der Waals surface area contributed by atoms with Crippen molar-refractivity contribution in [3.05, 3.63) is 51.6 Å². The molecular formula is C21H25ClFN5O. The molecule has 8 heteroatoms. The number of nitrogens with one attached hydrogen (secondary N) is 1. The molecule has 1 aromatic carbocycles. The van der Waals surface area contributed by atoms with E-state index in [2.05, 4.69) is 16.4 Å². The van der Waals surface area contributed by atoms with Gasteiger partial charge in [-0.2, -0.15) is 10.4 Å². The van der Waals surface area contributed by atoms with Crippen LogP contribution in [-0.4, -0.2) is 45.5 Å². The van der Waals surface area contributed by atoms with Crippen molar-refractivity contribution in [3.8, 4) is 6.19 Å². The number of benzene rings is 1. The molecule has 29 heavy (non-hydrogen) atoms. The zero-order chi connectivity index (χ0) is 21.0. The van der Waals surface area contributed by atoms with Gasteiger partial charge in [0.05, 0.1) is 17.3 Å². The molecule has 1 aromatic heterocycles. The van der Waals surface area contributed by atoms with Crippen LogP contribution in [-0.2, 0) is 13.0 Å². The fourth-order valence-electron chi connectivity index (χ4n) is 3.86. The number of nitriles is 1.